The van der Waals surface area contributed by atoms with Gasteiger partial charge in [-0.05, 0) is 37.7 Å². The molecule has 2 aromatic rings. The molecule has 2 nitrogen and oxygen atoms in total. The Labute approximate surface area is 263 Å². The summed E-state index contributed by atoms with van der Waals surface area (Å²) in [5.41, 5.74) is 1.47. The fraction of sp³-hybridized carbons (Fsp3) is 0.775. The maximum atomic E-state index is 2.61. The van der Waals surface area contributed by atoms with E-state index >= 15 is 0 Å². The summed E-state index contributed by atoms with van der Waals surface area (Å²) in [4.78, 5) is 0. The minimum Gasteiger partial charge on any atom is -0.234 e. The minimum atomic E-state index is 1.15. The van der Waals surface area contributed by atoms with Gasteiger partial charge < -0.3 is 0 Å². The Balaban J connectivity index is 1.65. The van der Waals surface area contributed by atoms with Gasteiger partial charge in [0.15, 0.2) is 0 Å². The predicted octanol–water partition coefficient (Wildman–Crippen LogP) is 12.4. The first kappa shape index (κ1) is 36.6. The number of benzene rings is 1. The second kappa shape index (κ2) is 27.0. The van der Waals surface area contributed by atoms with Crippen molar-refractivity contribution < 1.29 is 4.57 Å². The number of aromatic nitrogens is 2. The van der Waals surface area contributed by atoms with Crippen molar-refractivity contribution >= 4 is 0 Å². The Bertz CT molecular complexity index is 823. The van der Waals surface area contributed by atoms with Crippen LogP contribution in [-0.2, 0) is 25.9 Å². The number of imidazole rings is 1. The molecule has 0 N–H and O–H groups in total. The third-order valence-corrected chi connectivity index (χ3v) is 9.30. The number of rotatable bonds is 30. The average molecular weight is 580 g/mol. The van der Waals surface area contributed by atoms with Crippen LogP contribution < -0.4 is 4.57 Å². The Morgan fingerprint density at radius 2 is 0.929 bits per heavy atom. The second-order valence-corrected chi connectivity index (χ2v) is 13.2. The summed E-state index contributed by atoms with van der Waals surface area (Å²) in [6.07, 6.45) is 42.6. The Hall–Kier alpha value is -1.57. The molecule has 0 radical (unpaired) electrons. The van der Waals surface area contributed by atoms with E-state index in [2.05, 4.69) is 65.7 Å². The van der Waals surface area contributed by atoms with Crippen molar-refractivity contribution in [3.8, 4) is 0 Å². The van der Waals surface area contributed by atoms with Crippen LogP contribution in [0.25, 0.3) is 0 Å². The van der Waals surface area contributed by atoms with E-state index in [0.717, 1.165) is 6.54 Å². The molecule has 0 amide bonds. The average Bonchev–Trinajstić information content (AvgIpc) is 3.39. The van der Waals surface area contributed by atoms with Crippen molar-refractivity contribution in [3.05, 3.63) is 54.1 Å². The van der Waals surface area contributed by atoms with E-state index < -0.39 is 0 Å². The highest BCUT2D eigenvalue weighted by atomic mass is 15.1. The smallest absolute Gasteiger partial charge is 0.234 e. The number of nitrogens with zero attached hydrogens (tertiary/aromatic N) is 2. The molecule has 1 aromatic carbocycles. The van der Waals surface area contributed by atoms with Crippen LogP contribution in [0.15, 0.2) is 42.7 Å². The van der Waals surface area contributed by atoms with E-state index in [9.17, 15) is 0 Å². The molecule has 0 aliphatic heterocycles. The van der Waals surface area contributed by atoms with Gasteiger partial charge in [0.05, 0.1) is 13.1 Å². The molecule has 1 heterocycles. The Morgan fingerprint density at radius 3 is 1.43 bits per heavy atom. The second-order valence-electron chi connectivity index (χ2n) is 13.2. The zero-order valence-corrected chi connectivity index (χ0v) is 28.4. The quantitative estimate of drug-likeness (QED) is 0.0643. The molecule has 0 fully saturated rings. The van der Waals surface area contributed by atoms with E-state index in [1.54, 1.807) is 5.82 Å². The summed E-state index contributed by atoms with van der Waals surface area (Å²) in [7, 11) is 0. The summed E-state index contributed by atoms with van der Waals surface area (Å²) >= 11 is 0. The number of hydrogen-bond acceptors (Lipinski definition) is 0. The van der Waals surface area contributed by atoms with E-state index in [0.29, 0.717) is 0 Å². The minimum absolute atomic E-state index is 1.15. The van der Waals surface area contributed by atoms with Gasteiger partial charge in [-0.15, -0.1) is 0 Å². The van der Waals surface area contributed by atoms with E-state index in [-0.39, 0.29) is 0 Å². The Morgan fingerprint density at radius 1 is 0.476 bits per heavy atom. The normalized spacial score (nSPS) is 11.5. The van der Waals surface area contributed by atoms with Crippen LogP contribution in [0.3, 0.4) is 0 Å². The molecule has 0 saturated heterocycles. The van der Waals surface area contributed by atoms with Gasteiger partial charge in [0.1, 0.15) is 12.4 Å². The van der Waals surface area contributed by atoms with Gasteiger partial charge in [-0.3, -0.25) is 0 Å². The van der Waals surface area contributed by atoms with Gasteiger partial charge in [-0.1, -0.05) is 179 Å². The molecule has 2 heteroatoms. The highest BCUT2D eigenvalue weighted by molar-refractivity contribution is 5.14. The molecular formula is C40H71N2+. The summed E-state index contributed by atoms with van der Waals surface area (Å²) in [6.45, 7) is 6.97. The monoisotopic (exact) mass is 580 g/mol. The molecule has 2 rings (SSSR count). The Kier molecular flexibility index (Phi) is 23.6. The van der Waals surface area contributed by atoms with Crippen molar-refractivity contribution in [1.82, 2.24) is 4.57 Å². The van der Waals surface area contributed by atoms with Crippen LogP contribution in [0.5, 0.6) is 0 Å². The number of aryl methyl sites for hydroxylation is 3. The first-order valence-electron chi connectivity index (χ1n) is 19.0. The standard InChI is InChI=1S/C40H71N2/c1-3-5-7-9-11-13-15-17-19-21-23-28-34-40-41(35-29-24-22-20-18-16-14-12-10-8-6-4-2)37-38-42(40)36-30-33-39-31-26-25-27-32-39/h25-27,31-32,37-38H,3-24,28-30,33-36H2,1-2H3/q+1. The van der Waals surface area contributed by atoms with Gasteiger partial charge in [0, 0.05) is 6.42 Å². The number of unbranched alkanes of at least 4 members (excludes halogenated alkanes) is 22. The molecule has 240 valence electrons. The van der Waals surface area contributed by atoms with Gasteiger partial charge >= 0.3 is 0 Å². The highest BCUT2D eigenvalue weighted by Gasteiger charge is 2.16. The molecule has 42 heavy (non-hydrogen) atoms. The largest absolute Gasteiger partial charge is 0.256 e. The van der Waals surface area contributed by atoms with E-state index in [1.165, 1.54) is 185 Å². The summed E-state index contributed by atoms with van der Waals surface area (Å²) in [6, 6.07) is 11.0. The van der Waals surface area contributed by atoms with Crippen LogP contribution >= 0.6 is 0 Å². The van der Waals surface area contributed by atoms with Crippen LogP contribution in [0.1, 0.15) is 186 Å². The molecule has 0 aliphatic carbocycles. The molecule has 0 unspecified atom stereocenters. The predicted molar refractivity (Wildman–Crippen MR) is 185 cm³/mol. The maximum absolute atomic E-state index is 2.61. The SMILES string of the molecule is CCCCCCCCCCCCCCc1n(CCCCCCCCCCCCCC)cc[n+]1CCCc1ccccc1. The van der Waals surface area contributed by atoms with Crippen molar-refractivity contribution in [2.75, 3.05) is 0 Å². The van der Waals surface area contributed by atoms with Crippen LogP contribution in [-0.4, -0.2) is 4.57 Å². The first-order chi connectivity index (χ1) is 20.8. The van der Waals surface area contributed by atoms with Crippen molar-refractivity contribution in [2.24, 2.45) is 0 Å². The lowest BCUT2D eigenvalue weighted by atomic mass is 10.0. The van der Waals surface area contributed by atoms with Gasteiger partial charge in [0.2, 0.25) is 0 Å². The lowest BCUT2D eigenvalue weighted by Gasteiger charge is -2.07. The summed E-state index contributed by atoms with van der Waals surface area (Å²) < 4.78 is 5.19. The van der Waals surface area contributed by atoms with Crippen molar-refractivity contribution in [3.63, 3.8) is 0 Å². The lowest BCUT2D eigenvalue weighted by Crippen LogP contribution is -2.37. The molecule has 0 spiro atoms. The highest BCUT2D eigenvalue weighted by Crippen LogP contribution is 2.15. The van der Waals surface area contributed by atoms with Gasteiger partial charge in [-0.25, -0.2) is 9.13 Å². The fourth-order valence-corrected chi connectivity index (χ4v) is 6.54. The van der Waals surface area contributed by atoms with Crippen molar-refractivity contribution in [2.45, 2.75) is 200 Å². The van der Waals surface area contributed by atoms with Crippen LogP contribution in [0.4, 0.5) is 0 Å². The third-order valence-electron chi connectivity index (χ3n) is 9.30. The number of hydrogen-bond donors (Lipinski definition) is 0. The van der Waals surface area contributed by atoms with E-state index in [1.807, 2.05) is 0 Å². The van der Waals surface area contributed by atoms with E-state index in [4.69, 9.17) is 0 Å². The zero-order valence-electron chi connectivity index (χ0n) is 28.4. The molecule has 0 atom stereocenters. The molecular weight excluding hydrogens is 508 g/mol. The lowest BCUT2D eigenvalue weighted by molar-refractivity contribution is -0.704. The fourth-order valence-electron chi connectivity index (χ4n) is 6.54. The van der Waals surface area contributed by atoms with Gasteiger partial charge in [-0.2, -0.15) is 0 Å². The van der Waals surface area contributed by atoms with Crippen LogP contribution in [0, 0.1) is 0 Å². The zero-order chi connectivity index (χ0) is 29.8. The molecule has 1 aromatic heterocycles. The maximum Gasteiger partial charge on any atom is 0.256 e. The third kappa shape index (κ3) is 18.9. The summed E-state index contributed by atoms with van der Waals surface area (Å²) in [5, 5.41) is 0. The molecule has 0 aliphatic rings. The topological polar surface area (TPSA) is 8.81 Å². The molecule has 0 saturated carbocycles. The van der Waals surface area contributed by atoms with Crippen molar-refractivity contribution in [1.29, 1.82) is 0 Å². The van der Waals surface area contributed by atoms with Gasteiger partial charge in [0.25, 0.3) is 5.82 Å². The van der Waals surface area contributed by atoms with Crippen LogP contribution in [0.2, 0.25) is 0 Å². The molecule has 0 bridgehead atoms. The summed E-state index contributed by atoms with van der Waals surface area (Å²) in [5.74, 6) is 1.58. The first-order valence-corrected chi connectivity index (χ1v) is 19.0.